The van der Waals surface area contributed by atoms with E-state index in [0.29, 0.717) is 19.6 Å². The van der Waals surface area contributed by atoms with Crippen molar-refractivity contribution in [2.24, 2.45) is 4.99 Å². The maximum Gasteiger partial charge on any atom is 0.194 e. The van der Waals surface area contributed by atoms with E-state index >= 15 is 0 Å². The average molecular weight is 532 g/mol. The molecule has 1 aliphatic heterocycles. The monoisotopic (exact) mass is 531 g/mol. The fourth-order valence-corrected chi connectivity index (χ4v) is 4.83. The van der Waals surface area contributed by atoms with E-state index in [1.54, 1.807) is 25.6 Å². The average Bonchev–Trinajstić information content (AvgIpc) is 2.55. The van der Waals surface area contributed by atoms with Crippen LogP contribution < -0.4 is 5.32 Å². The second-order valence-electron chi connectivity index (χ2n) is 6.54. The minimum Gasteiger partial charge on any atom is -0.357 e. The van der Waals surface area contributed by atoms with Crippen LogP contribution in [0.4, 0.5) is 0 Å². The first-order chi connectivity index (χ1) is 11.7. The van der Waals surface area contributed by atoms with Gasteiger partial charge in [-0.2, -0.15) is 0 Å². The standard InChI is InChI=1S/C17H26ClN3O2S2.HI/c1-4-19-16(21-10-12-25(22,23)17(2,3)13-21)20-9-11-24-15-7-5-14(18)6-8-15;/h5-8H,4,9-13H2,1-3H3,(H,19,20);1H. The zero-order valence-electron chi connectivity index (χ0n) is 15.4. The maximum atomic E-state index is 12.2. The Labute approximate surface area is 183 Å². The Bertz CT molecular complexity index is 709. The predicted octanol–water partition coefficient (Wildman–Crippen LogP) is 3.52. The number of nitrogens with one attached hydrogen (secondary N) is 1. The Balaban J connectivity index is 0.00000338. The van der Waals surface area contributed by atoms with Crippen LogP contribution in [0.3, 0.4) is 0 Å². The quantitative estimate of drug-likeness (QED) is 0.207. The van der Waals surface area contributed by atoms with Gasteiger partial charge in [0.15, 0.2) is 15.8 Å². The molecule has 0 spiro atoms. The summed E-state index contributed by atoms with van der Waals surface area (Å²) in [6.45, 7) is 7.96. The van der Waals surface area contributed by atoms with Crippen molar-refractivity contribution in [1.82, 2.24) is 10.2 Å². The number of thioether (sulfide) groups is 1. The van der Waals surface area contributed by atoms with E-state index in [9.17, 15) is 8.42 Å². The molecule has 0 radical (unpaired) electrons. The van der Waals surface area contributed by atoms with Crippen LogP contribution in [0.1, 0.15) is 20.8 Å². The maximum absolute atomic E-state index is 12.2. The Hall–Kier alpha value is -0.190. The van der Waals surface area contributed by atoms with Gasteiger partial charge in [-0.3, -0.25) is 4.99 Å². The van der Waals surface area contributed by atoms with Crippen molar-refractivity contribution in [2.45, 2.75) is 30.4 Å². The first-order valence-corrected chi connectivity index (χ1v) is 11.4. The lowest BCUT2D eigenvalue weighted by Gasteiger charge is -2.39. The molecule has 0 aromatic heterocycles. The highest BCUT2D eigenvalue weighted by atomic mass is 127. The van der Waals surface area contributed by atoms with E-state index in [1.165, 1.54) is 0 Å². The summed E-state index contributed by atoms with van der Waals surface area (Å²) in [7, 11) is -3.05. The van der Waals surface area contributed by atoms with Gasteiger partial charge in [-0.15, -0.1) is 35.7 Å². The van der Waals surface area contributed by atoms with Gasteiger partial charge in [0, 0.05) is 35.3 Å². The van der Waals surface area contributed by atoms with Crippen LogP contribution in [0.25, 0.3) is 0 Å². The summed E-state index contributed by atoms with van der Waals surface area (Å²) in [6.07, 6.45) is 0. The highest BCUT2D eigenvalue weighted by Crippen LogP contribution is 2.24. The number of aliphatic imine (C=N–C) groups is 1. The van der Waals surface area contributed by atoms with E-state index in [1.807, 2.05) is 31.2 Å². The van der Waals surface area contributed by atoms with E-state index in [-0.39, 0.29) is 29.7 Å². The summed E-state index contributed by atoms with van der Waals surface area (Å²) in [5.41, 5.74) is 0. The van der Waals surface area contributed by atoms with Gasteiger partial charge >= 0.3 is 0 Å². The van der Waals surface area contributed by atoms with E-state index in [2.05, 4.69) is 15.2 Å². The number of halogens is 2. The Kier molecular flexibility index (Phi) is 9.52. The molecule has 0 unspecified atom stereocenters. The number of nitrogens with zero attached hydrogens (tertiary/aromatic N) is 2. The second-order valence-corrected chi connectivity index (χ2v) is 10.9. The third kappa shape index (κ3) is 6.45. The molecule has 0 aliphatic carbocycles. The van der Waals surface area contributed by atoms with Crippen molar-refractivity contribution in [3.63, 3.8) is 0 Å². The van der Waals surface area contributed by atoms with E-state index < -0.39 is 14.6 Å². The molecule has 9 heteroatoms. The third-order valence-electron chi connectivity index (χ3n) is 4.11. The fraction of sp³-hybridized carbons (Fsp3) is 0.588. The van der Waals surface area contributed by atoms with Gasteiger partial charge in [0.05, 0.1) is 17.0 Å². The van der Waals surface area contributed by atoms with Crippen LogP contribution in [0.5, 0.6) is 0 Å². The summed E-state index contributed by atoms with van der Waals surface area (Å²) in [6, 6.07) is 7.76. The van der Waals surface area contributed by atoms with Crippen molar-refractivity contribution >= 4 is 63.1 Å². The van der Waals surface area contributed by atoms with E-state index in [4.69, 9.17) is 11.6 Å². The molecule has 1 heterocycles. The molecule has 1 aromatic rings. The van der Waals surface area contributed by atoms with Crippen LogP contribution in [0, 0.1) is 0 Å². The molecular weight excluding hydrogens is 505 g/mol. The lowest BCUT2D eigenvalue weighted by atomic mass is 10.2. The van der Waals surface area contributed by atoms with Crippen LogP contribution in [0.2, 0.25) is 5.02 Å². The van der Waals surface area contributed by atoms with Crippen molar-refractivity contribution in [1.29, 1.82) is 0 Å². The number of hydrogen-bond donors (Lipinski definition) is 1. The molecule has 148 valence electrons. The number of sulfone groups is 1. The second kappa shape index (κ2) is 10.4. The summed E-state index contributed by atoms with van der Waals surface area (Å²) < 4.78 is 23.6. The first-order valence-electron chi connectivity index (χ1n) is 8.39. The lowest BCUT2D eigenvalue weighted by Crippen LogP contribution is -2.57. The smallest absolute Gasteiger partial charge is 0.194 e. The highest BCUT2D eigenvalue weighted by molar-refractivity contribution is 14.0. The Morgan fingerprint density at radius 1 is 1.35 bits per heavy atom. The number of benzene rings is 1. The normalized spacial score (nSPS) is 18.9. The largest absolute Gasteiger partial charge is 0.357 e. The minimum absolute atomic E-state index is 0. The predicted molar refractivity (Wildman–Crippen MR) is 123 cm³/mol. The minimum atomic E-state index is -3.05. The van der Waals surface area contributed by atoms with Crippen molar-refractivity contribution in [3.8, 4) is 0 Å². The van der Waals surface area contributed by atoms with Crippen LogP contribution >= 0.6 is 47.3 Å². The molecule has 1 fully saturated rings. The SMILES string of the molecule is CCNC(=NCCSc1ccc(Cl)cc1)N1CCS(=O)(=O)C(C)(C)C1.I. The molecule has 2 rings (SSSR count). The van der Waals surface area contributed by atoms with Crippen molar-refractivity contribution in [2.75, 3.05) is 37.7 Å². The van der Waals surface area contributed by atoms with Gasteiger partial charge in [0.1, 0.15) is 0 Å². The Morgan fingerprint density at radius 2 is 2.00 bits per heavy atom. The molecule has 1 N–H and O–H groups in total. The van der Waals surface area contributed by atoms with Gasteiger partial charge in [-0.1, -0.05) is 11.6 Å². The highest BCUT2D eigenvalue weighted by Gasteiger charge is 2.40. The number of rotatable bonds is 5. The van der Waals surface area contributed by atoms with Crippen LogP contribution in [-0.4, -0.2) is 61.7 Å². The lowest BCUT2D eigenvalue weighted by molar-refractivity contribution is 0.353. The number of hydrogen-bond acceptors (Lipinski definition) is 4. The van der Waals surface area contributed by atoms with Crippen molar-refractivity contribution in [3.05, 3.63) is 29.3 Å². The summed E-state index contributed by atoms with van der Waals surface area (Å²) in [5, 5.41) is 4.01. The molecular formula is C17H27ClIN3O2S2. The van der Waals surface area contributed by atoms with Crippen LogP contribution in [-0.2, 0) is 9.84 Å². The molecule has 0 bridgehead atoms. The zero-order chi connectivity index (χ0) is 18.5. The van der Waals surface area contributed by atoms with E-state index in [0.717, 1.165) is 28.2 Å². The van der Waals surface area contributed by atoms with Gasteiger partial charge < -0.3 is 10.2 Å². The third-order valence-corrected chi connectivity index (χ3v) is 7.89. The van der Waals surface area contributed by atoms with Gasteiger partial charge in [0.2, 0.25) is 0 Å². The molecule has 1 aliphatic rings. The summed E-state index contributed by atoms with van der Waals surface area (Å²) in [5.74, 6) is 1.82. The van der Waals surface area contributed by atoms with Gasteiger partial charge in [0.25, 0.3) is 0 Å². The Morgan fingerprint density at radius 3 is 2.58 bits per heavy atom. The molecule has 26 heavy (non-hydrogen) atoms. The molecule has 0 atom stereocenters. The first kappa shape index (κ1) is 23.8. The summed E-state index contributed by atoms with van der Waals surface area (Å²) in [4.78, 5) is 7.89. The van der Waals surface area contributed by atoms with Gasteiger partial charge in [-0.05, 0) is 45.0 Å². The van der Waals surface area contributed by atoms with Gasteiger partial charge in [-0.25, -0.2) is 8.42 Å². The molecule has 1 saturated heterocycles. The fourth-order valence-electron chi connectivity index (χ4n) is 2.60. The zero-order valence-corrected chi connectivity index (χ0v) is 20.1. The molecule has 0 amide bonds. The van der Waals surface area contributed by atoms with Crippen molar-refractivity contribution < 1.29 is 8.42 Å². The topological polar surface area (TPSA) is 61.8 Å². The molecule has 0 saturated carbocycles. The number of guanidine groups is 1. The summed E-state index contributed by atoms with van der Waals surface area (Å²) >= 11 is 7.62. The molecule has 1 aromatic carbocycles. The molecule has 5 nitrogen and oxygen atoms in total. The van der Waals surface area contributed by atoms with Crippen LogP contribution in [0.15, 0.2) is 34.2 Å².